The highest BCUT2D eigenvalue weighted by Gasteiger charge is 2.05. The molecule has 0 heterocycles. The molecule has 1 unspecified atom stereocenters. The minimum absolute atomic E-state index is 0.230. The molecule has 0 aliphatic carbocycles. The van der Waals surface area contributed by atoms with E-state index in [2.05, 4.69) is 29.7 Å². The van der Waals surface area contributed by atoms with Crippen molar-refractivity contribution in [2.45, 2.75) is 19.9 Å². The molecule has 140 valence electrons. The molecule has 0 aliphatic heterocycles. The van der Waals surface area contributed by atoms with Crippen molar-refractivity contribution in [3.05, 3.63) is 94.0 Å². The molecule has 2 N–H and O–H groups in total. The fraction of sp³-hybridized carbons (Fsp3) is 0.136. The summed E-state index contributed by atoms with van der Waals surface area (Å²) in [5.41, 5.74) is 4.19. The highest BCUT2D eigenvalue weighted by atomic mass is 35.5. The van der Waals surface area contributed by atoms with Crippen molar-refractivity contribution in [3.8, 4) is 0 Å². The Bertz CT molecular complexity index is 869. The van der Waals surface area contributed by atoms with E-state index in [0.29, 0.717) is 16.5 Å². The lowest BCUT2D eigenvalue weighted by atomic mass is 10.1. The van der Waals surface area contributed by atoms with Crippen LogP contribution in [0.5, 0.6) is 0 Å². The Hall–Kier alpha value is -2.49. The van der Waals surface area contributed by atoms with E-state index in [9.17, 15) is 4.79 Å². The van der Waals surface area contributed by atoms with Gasteiger partial charge in [0.15, 0.2) is 0 Å². The zero-order valence-electron chi connectivity index (χ0n) is 15.2. The molecular formula is C22H22Cl2N2O. The number of rotatable bonds is 5. The van der Waals surface area contributed by atoms with Crippen LogP contribution in [0.25, 0.3) is 0 Å². The summed E-state index contributed by atoms with van der Waals surface area (Å²) >= 11 is 11.8. The van der Waals surface area contributed by atoms with Crippen LogP contribution in [-0.4, -0.2) is 6.41 Å². The number of amides is 1. The van der Waals surface area contributed by atoms with E-state index < -0.39 is 0 Å². The summed E-state index contributed by atoms with van der Waals surface area (Å²) in [6, 6.07) is 23.7. The molecule has 3 nitrogen and oxygen atoms in total. The molecule has 5 heteroatoms. The van der Waals surface area contributed by atoms with Crippen LogP contribution in [0.15, 0.2) is 72.8 Å². The standard InChI is InChI=1S/C14H13Cl2N.C8H9NO/c1-10(11-5-3-2-4-6-11)17-12-7-8-13(15)14(16)9-12;1-7-3-2-4-8(5-7)9-6-10/h2-10,17H,1H3;2-6H,1H3,(H,9,10). The summed E-state index contributed by atoms with van der Waals surface area (Å²) in [7, 11) is 0. The Morgan fingerprint density at radius 1 is 0.852 bits per heavy atom. The maximum Gasteiger partial charge on any atom is 0.211 e. The maximum atomic E-state index is 9.97. The van der Waals surface area contributed by atoms with Crippen LogP contribution >= 0.6 is 23.2 Å². The molecule has 0 aliphatic rings. The van der Waals surface area contributed by atoms with Crippen molar-refractivity contribution in [1.82, 2.24) is 0 Å². The third-order valence-electron chi connectivity index (χ3n) is 3.85. The first-order valence-corrected chi connectivity index (χ1v) is 9.28. The monoisotopic (exact) mass is 400 g/mol. The highest BCUT2D eigenvalue weighted by Crippen LogP contribution is 2.27. The first-order chi connectivity index (χ1) is 13.0. The fourth-order valence-electron chi connectivity index (χ4n) is 2.46. The molecule has 3 aromatic carbocycles. The summed E-state index contributed by atoms with van der Waals surface area (Å²) in [5.74, 6) is 0. The van der Waals surface area contributed by atoms with Crippen LogP contribution in [-0.2, 0) is 4.79 Å². The maximum absolute atomic E-state index is 9.97. The molecule has 0 spiro atoms. The molecule has 0 bridgehead atoms. The van der Waals surface area contributed by atoms with Gasteiger partial charge in [-0.15, -0.1) is 0 Å². The van der Waals surface area contributed by atoms with Crippen molar-refractivity contribution >= 4 is 41.0 Å². The van der Waals surface area contributed by atoms with Crippen LogP contribution in [0.3, 0.4) is 0 Å². The smallest absolute Gasteiger partial charge is 0.211 e. The molecule has 3 aromatic rings. The molecule has 0 radical (unpaired) electrons. The summed E-state index contributed by atoms with van der Waals surface area (Å²) < 4.78 is 0. The molecule has 0 saturated heterocycles. The number of nitrogens with one attached hydrogen (secondary N) is 2. The van der Waals surface area contributed by atoms with Gasteiger partial charge in [-0.2, -0.15) is 0 Å². The molecule has 1 atom stereocenters. The van der Waals surface area contributed by atoms with Crippen LogP contribution in [0.4, 0.5) is 11.4 Å². The molecule has 1 amide bonds. The molecular weight excluding hydrogens is 379 g/mol. The van der Waals surface area contributed by atoms with E-state index in [4.69, 9.17) is 23.2 Å². The summed E-state index contributed by atoms with van der Waals surface area (Å²) in [5, 5.41) is 7.09. The zero-order chi connectivity index (χ0) is 19.6. The van der Waals surface area contributed by atoms with Crippen molar-refractivity contribution < 1.29 is 4.79 Å². The highest BCUT2D eigenvalue weighted by molar-refractivity contribution is 6.42. The van der Waals surface area contributed by atoms with Crippen molar-refractivity contribution in [1.29, 1.82) is 0 Å². The fourth-order valence-corrected chi connectivity index (χ4v) is 2.76. The second-order valence-electron chi connectivity index (χ2n) is 6.04. The quantitative estimate of drug-likeness (QED) is 0.466. The van der Waals surface area contributed by atoms with Crippen LogP contribution < -0.4 is 10.6 Å². The number of anilines is 2. The third kappa shape index (κ3) is 6.97. The molecule has 0 saturated carbocycles. The number of aryl methyl sites for hydroxylation is 1. The number of hydrogen-bond donors (Lipinski definition) is 2. The van der Waals surface area contributed by atoms with E-state index in [1.54, 1.807) is 6.07 Å². The van der Waals surface area contributed by atoms with Gasteiger partial charge in [-0.25, -0.2) is 0 Å². The van der Waals surface area contributed by atoms with Gasteiger partial charge in [0.1, 0.15) is 0 Å². The van der Waals surface area contributed by atoms with E-state index in [1.165, 1.54) is 5.56 Å². The number of hydrogen-bond acceptors (Lipinski definition) is 2. The van der Waals surface area contributed by atoms with Gasteiger partial charge in [-0.1, -0.05) is 65.7 Å². The van der Waals surface area contributed by atoms with Gasteiger partial charge in [-0.3, -0.25) is 4.79 Å². The zero-order valence-corrected chi connectivity index (χ0v) is 16.8. The Labute approximate surface area is 170 Å². The Kier molecular flexibility index (Phi) is 8.18. The molecule has 27 heavy (non-hydrogen) atoms. The lowest BCUT2D eigenvalue weighted by molar-refractivity contribution is -0.105. The SMILES string of the molecule is CC(Nc1ccc(Cl)c(Cl)c1)c1ccccc1.Cc1cccc(NC=O)c1. The molecule has 3 rings (SSSR count). The minimum Gasteiger partial charge on any atom is -0.378 e. The lowest BCUT2D eigenvalue weighted by Crippen LogP contribution is -2.06. The first kappa shape index (κ1) is 20.8. The van der Waals surface area contributed by atoms with Gasteiger partial charge in [0, 0.05) is 17.4 Å². The second-order valence-corrected chi connectivity index (χ2v) is 6.85. The van der Waals surface area contributed by atoms with Gasteiger partial charge < -0.3 is 10.6 Å². The van der Waals surface area contributed by atoms with E-state index >= 15 is 0 Å². The predicted molar refractivity (Wildman–Crippen MR) is 116 cm³/mol. The Balaban J connectivity index is 0.000000223. The first-order valence-electron chi connectivity index (χ1n) is 8.53. The average molecular weight is 401 g/mol. The lowest BCUT2D eigenvalue weighted by Gasteiger charge is -2.16. The summed E-state index contributed by atoms with van der Waals surface area (Å²) in [6.07, 6.45) is 0.675. The largest absolute Gasteiger partial charge is 0.378 e. The minimum atomic E-state index is 0.230. The van der Waals surface area contributed by atoms with Gasteiger partial charge in [-0.05, 0) is 55.3 Å². The van der Waals surface area contributed by atoms with Crippen LogP contribution in [0.2, 0.25) is 10.0 Å². The molecule has 0 aromatic heterocycles. The van der Waals surface area contributed by atoms with Gasteiger partial charge in [0.2, 0.25) is 6.41 Å². The van der Waals surface area contributed by atoms with Crippen LogP contribution in [0.1, 0.15) is 24.1 Å². The number of halogens is 2. The van der Waals surface area contributed by atoms with Crippen molar-refractivity contribution in [3.63, 3.8) is 0 Å². The van der Waals surface area contributed by atoms with Gasteiger partial charge in [0.25, 0.3) is 0 Å². The van der Waals surface area contributed by atoms with E-state index in [1.807, 2.05) is 61.5 Å². The van der Waals surface area contributed by atoms with Crippen molar-refractivity contribution in [2.75, 3.05) is 10.6 Å². The Morgan fingerprint density at radius 3 is 2.22 bits per heavy atom. The average Bonchev–Trinajstić information content (AvgIpc) is 2.66. The normalized spacial score (nSPS) is 11.0. The summed E-state index contributed by atoms with van der Waals surface area (Å²) in [4.78, 5) is 9.97. The van der Waals surface area contributed by atoms with Gasteiger partial charge in [0.05, 0.1) is 10.0 Å². The third-order valence-corrected chi connectivity index (χ3v) is 4.59. The number of carbonyl (C=O) groups is 1. The van der Waals surface area contributed by atoms with E-state index in [0.717, 1.165) is 16.9 Å². The predicted octanol–water partition coefficient (Wildman–Crippen LogP) is 6.73. The van der Waals surface area contributed by atoms with E-state index in [-0.39, 0.29) is 6.04 Å². The van der Waals surface area contributed by atoms with Crippen molar-refractivity contribution in [2.24, 2.45) is 0 Å². The number of benzene rings is 3. The van der Waals surface area contributed by atoms with Crippen LogP contribution in [0, 0.1) is 6.92 Å². The topological polar surface area (TPSA) is 41.1 Å². The second kappa shape index (κ2) is 10.6. The summed E-state index contributed by atoms with van der Waals surface area (Å²) in [6.45, 7) is 4.09. The molecule has 0 fully saturated rings. The number of carbonyl (C=O) groups excluding carboxylic acids is 1. The Morgan fingerprint density at radius 2 is 1.59 bits per heavy atom. The van der Waals surface area contributed by atoms with Gasteiger partial charge >= 0.3 is 0 Å².